The van der Waals surface area contributed by atoms with E-state index in [-0.39, 0.29) is 0 Å². The molecule has 4 aromatic rings. The summed E-state index contributed by atoms with van der Waals surface area (Å²) in [4.78, 5) is 15.5. The molecule has 0 amide bonds. The zero-order valence-corrected chi connectivity index (χ0v) is 15.4. The molecular weight excluding hydrogens is 338 g/mol. The van der Waals surface area contributed by atoms with Crippen molar-refractivity contribution in [3.05, 3.63) is 49.1 Å². The Morgan fingerprint density at radius 1 is 1.04 bits per heavy atom. The van der Waals surface area contributed by atoms with Gasteiger partial charge in [0.2, 0.25) is 5.95 Å². The molecule has 0 unspecified atom stereocenters. The van der Waals surface area contributed by atoms with E-state index in [1.54, 1.807) is 12.4 Å². The zero-order chi connectivity index (χ0) is 18.4. The summed E-state index contributed by atoms with van der Waals surface area (Å²) in [6, 6.07) is 9.28. The lowest BCUT2D eigenvalue weighted by atomic mass is 9.86. The zero-order valence-electron chi connectivity index (χ0n) is 15.4. The van der Waals surface area contributed by atoms with Crippen LogP contribution in [-0.4, -0.2) is 55.6 Å². The van der Waals surface area contributed by atoms with Gasteiger partial charge in [0.15, 0.2) is 0 Å². The predicted molar refractivity (Wildman–Crippen MR) is 106 cm³/mol. The Hall–Kier alpha value is -3.06. The number of nitrogens with zero attached hydrogens (tertiary/aromatic N) is 6. The van der Waals surface area contributed by atoms with Gasteiger partial charge in [-0.05, 0) is 50.7 Å². The second kappa shape index (κ2) is 6.28. The van der Waals surface area contributed by atoms with Crippen molar-refractivity contribution in [2.75, 3.05) is 19.4 Å². The average molecular weight is 359 g/mol. The molecule has 1 saturated carbocycles. The van der Waals surface area contributed by atoms with Gasteiger partial charge in [-0.25, -0.2) is 9.50 Å². The van der Waals surface area contributed by atoms with Crippen LogP contribution in [0.2, 0.25) is 0 Å². The van der Waals surface area contributed by atoms with E-state index >= 15 is 0 Å². The Bertz CT molecular complexity index is 1110. The maximum absolute atomic E-state index is 4.63. The molecule has 3 heterocycles. The van der Waals surface area contributed by atoms with Gasteiger partial charge in [-0.1, -0.05) is 6.07 Å². The van der Waals surface area contributed by atoms with E-state index in [2.05, 4.69) is 62.6 Å². The fraction of sp³-hybridized carbons (Fsp3) is 0.300. The van der Waals surface area contributed by atoms with E-state index in [1.165, 1.54) is 0 Å². The third kappa shape index (κ3) is 2.90. The Kier molecular flexibility index (Phi) is 3.75. The van der Waals surface area contributed by atoms with Crippen LogP contribution in [0.5, 0.6) is 0 Å². The van der Waals surface area contributed by atoms with Gasteiger partial charge in [-0.15, -0.1) is 5.10 Å². The highest BCUT2D eigenvalue weighted by Crippen LogP contribution is 2.29. The van der Waals surface area contributed by atoms with Crippen molar-refractivity contribution < 1.29 is 0 Å². The molecule has 0 atom stereocenters. The molecule has 1 fully saturated rings. The highest BCUT2D eigenvalue weighted by atomic mass is 15.3. The molecule has 0 aliphatic heterocycles. The van der Waals surface area contributed by atoms with Gasteiger partial charge in [-0.2, -0.15) is 0 Å². The van der Waals surface area contributed by atoms with Crippen LogP contribution in [0.3, 0.4) is 0 Å². The minimum absolute atomic E-state index is 0.448. The summed E-state index contributed by atoms with van der Waals surface area (Å²) in [5, 5.41) is 8.07. The van der Waals surface area contributed by atoms with Gasteiger partial charge in [0.05, 0.1) is 22.7 Å². The predicted octanol–water partition coefficient (Wildman–Crippen LogP) is 2.84. The van der Waals surface area contributed by atoms with Gasteiger partial charge in [-0.3, -0.25) is 9.97 Å². The lowest BCUT2D eigenvalue weighted by molar-refractivity contribution is 0.177. The quantitative estimate of drug-likeness (QED) is 0.604. The van der Waals surface area contributed by atoms with Crippen LogP contribution in [0.15, 0.2) is 49.1 Å². The summed E-state index contributed by atoms with van der Waals surface area (Å²) in [7, 11) is 4.26. The molecule has 7 nitrogen and oxygen atoms in total. The van der Waals surface area contributed by atoms with Crippen LogP contribution in [-0.2, 0) is 0 Å². The molecule has 3 aromatic heterocycles. The van der Waals surface area contributed by atoms with Crippen LogP contribution >= 0.6 is 0 Å². The first-order valence-corrected chi connectivity index (χ1v) is 9.16. The highest BCUT2D eigenvalue weighted by molar-refractivity contribution is 5.86. The van der Waals surface area contributed by atoms with Crippen molar-refractivity contribution in [2.24, 2.45) is 0 Å². The monoisotopic (exact) mass is 359 g/mol. The molecule has 1 N–H and O–H groups in total. The number of anilines is 1. The molecule has 5 rings (SSSR count). The van der Waals surface area contributed by atoms with E-state index in [4.69, 9.17) is 0 Å². The highest BCUT2D eigenvalue weighted by Gasteiger charge is 2.30. The summed E-state index contributed by atoms with van der Waals surface area (Å²) in [5.41, 5.74) is 4.93. The standard InChI is InChI=1S/C20H21N7/c1-26(2)15-10-14(11-15)24-20-23-12-19-16(5-8-27(19)25-20)13-3-4-17-18(9-13)22-7-6-21-17/h3-9,12,14-15H,10-11H2,1-2H3,(H,24,25)/t14-,15+. The molecule has 1 aliphatic rings. The van der Waals surface area contributed by atoms with Crippen molar-refractivity contribution in [2.45, 2.75) is 24.9 Å². The van der Waals surface area contributed by atoms with E-state index in [0.29, 0.717) is 18.0 Å². The van der Waals surface area contributed by atoms with E-state index in [1.807, 2.05) is 23.0 Å². The first-order chi connectivity index (χ1) is 13.2. The van der Waals surface area contributed by atoms with Crippen molar-refractivity contribution in [1.29, 1.82) is 0 Å². The van der Waals surface area contributed by atoms with Crippen molar-refractivity contribution in [3.63, 3.8) is 0 Å². The van der Waals surface area contributed by atoms with Gasteiger partial charge >= 0.3 is 0 Å². The molecule has 0 bridgehead atoms. The second-order valence-corrected chi connectivity index (χ2v) is 7.33. The smallest absolute Gasteiger partial charge is 0.241 e. The van der Waals surface area contributed by atoms with Crippen molar-refractivity contribution >= 4 is 22.5 Å². The summed E-state index contributed by atoms with van der Waals surface area (Å²) < 4.78 is 1.88. The minimum atomic E-state index is 0.448. The maximum Gasteiger partial charge on any atom is 0.241 e. The molecule has 1 aliphatic carbocycles. The van der Waals surface area contributed by atoms with Crippen LogP contribution in [0.25, 0.3) is 27.7 Å². The topological polar surface area (TPSA) is 71.2 Å². The lowest BCUT2D eigenvalue weighted by Crippen LogP contribution is -2.47. The van der Waals surface area contributed by atoms with Crippen molar-refractivity contribution in [1.82, 2.24) is 29.5 Å². The second-order valence-electron chi connectivity index (χ2n) is 7.33. The van der Waals surface area contributed by atoms with E-state index in [9.17, 15) is 0 Å². The normalized spacial score (nSPS) is 19.5. The SMILES string of the molecule is CN(C)[C@H]1C[C@@H](Nc2ncc3c(-c4ccc5nccnc5c4)ccn3n2)C1. The Morgan fingerprint density at radius 2 is 1.85 bits per heavy atom. The summed E-state index contributed by atoms with van der Waals surface area (Å²) in [6.07, 6.45) is 9.54. The lowest BCUT2D eigenvalue weighted by Gasteiger charge is -2.39. The van der Waals surface area contributed by atoms with Gasteiger partial charge in [0.1, 0.15) is 0 Å². The summed E-state index contributed by atoms with van der Waals surface area (Å²) in [5.74, 6) is 0.677. The Morgan fingerprint density at radius 3 is 2.67 bits per heavy atom. The number of aromatic nitrogens is 5. The largest absolute Gasteiger partial charge is 0.350 e. The Labute approximate surface area is 157 Å². The van der Waals surface area contributed by atoms with Crippen LogP contribution < -0.4 is 5.32 Å². The van der Waals surface area contributed by atoms with Gasteiger partial charge in [0.25, 0.3) is 0 Å². The number of nitrogens with one attached hydrogen (secondary N) is 1. The fourth-order valence-corrected chi connectivity index (χ4v) is 3.65. The van der Waals surface area contributed by atoms with Crippen LogP contribution in [0.1, 0.15) is 12.8 Å². The number of hydrogen-bond acceptors (Lipinski definition) is 6. The maximum atomic E-state index is 4.63. The first kappa shape index (κ1) is 16.1. The number of hydrogen-bond donors (Lipinski definition) is 1. The Balaban J connectivity index is 1.41. The third-order valence-corrected chi connectivity index (χ3v) is 5.37. The molecule has 0 spiro atoms. The average Bonchev–Trinajstić information content (AvgIpc) is 3.07. The van der Waals surface area contributed by atoms with Crippen LogP contribution in [0, 0.1) is 0 Å². The first-order valence-electron chi connectivity index (χ1n) is 9.16. The molecule has 0 radical (unpaired) electrons. The molecule has 136 valence electrons. The fourth-order valence-electron chi connectivity index (χ4n) is 3.65. The molecule has 1 aromatic carbocycles. The minimum Gasteiger partial charge on any atom is -0.350 e. The van der Waals surface area contributed by atoms with E-state index < -0.39 is 0 Å². The molecule has 7 heteroatoms. The number of rotatable bonds is 4. The number of fused-ring (bicyclic) bond motifs is 2. The van der Waals surface area contributed by atoms with Crippen molar-refractivity contribution in [3.8, 4) is 11.1 Å². The van der Waals surface area contributed by atoms with Gasteiger partial charge < -0.3 is 10.2 Å². The molecule has 27 heavy (non-hydrogen) atoms. The molecular formula is C20H21N7. The van der Waals surface area contributed by atoms with Gasteiger partial charge in [0, 0.05) is 36.2 Å². The number of benzene rings is 1. The molecule has 0 saturated heterocycles. The van der Waals surface area contributed by atoms with Crippen LogP contribution in [0.4, 0.5) is 5.95 Å². The summed E-state index contributed by atoms with van der Waals surface area (Å²) in [6.45, 7) is 0. The van der Waals surface area contributed by atoms with E-state index in [0.717, 1.165) is 40.5 Å². The summed E-state index contributed by atoms with van der Waals surface area (Å²) >= 11 is 0. The third-order valence-electron chi connectivity index (χ3n) is 5.37.